The summed E-state index contributed by atoms with van der Waals surface area (Å²) in [6.07, 6.45) is 1.41. The first kappa shape index (κ1) is 20.5. The predicted octanol–water partition coefficient (Wildman–Crippen LogP) is 1.28. The van der Waals surface area contributed by atoms with Crippen molar-refractivity contribution in [2.75, 3.05) is 18.0 Å². The van der Waals surface area contributed by atoms with Crippen molar-refractivity contribution in [1.82, 2.24) is 10.0 Å². The summed E-state index contributed by atoms with van der Waals surface area (Å²) in [5.41, 5.74) is 1.66. The summed E-state index contributed by atoms with van der Waals surface area (Å²) >= 11 is 0. The molecule has 0 aliphatic carbocycles. The normalized spacial score (nSPS) is 13.9. The van der Waals surface area contributed by atoms with E-state index in [1.165, 1.54) is 18.2 Å². The molecule has 1 aliphatic rings. The van der Waals surface area contributed by atoms with Crippen LogP contribution >= 0.6 is 0 Å². The van der Waals surface area contributed by atoms with E-state index in [2.05, 4.69) is 10.0 Å². The fraction of sp³-hybridized carbons (Fsp3) is 0.250. The number of anilines is 1. The molecule has 9 heteroatoms. The topological polar surface area (TPSA) is 119 Å². The van der Waals surface area contributed by atoms with Crippen LogP contribution in [0.15, 0.2) is 53.4 Å². The van der Waals surface area contributed by atoms with Gasteiger partial charge in [-0.25, -0.2) is 13.1 Å². The zero-order valence-electron chi connectivity index (χ0n) is 15.6. The van der Waals surface area contributed by atoms with Crippen LogP contribution in [0.5, 0.6) is 0 Å². The molecule has 0 aromatic heterocycles. The zero-order chi connectivity index (χ0) is 20.9. The lowest BCUT2D eigenvalue weighted by molar-refractivity contribution is -0.120. The number of nitrogens with zero attached hydrogens (tertiary/aromatic N) is 2. The summed E-state index contributed by atoms with van der Waals surface area (Å²) in [6.45, 7) is 0.496. The van der Waals surface area contributed by atoms with Gasteiger partial charge in [0.15, 0.2) is 0 Å². The smallest absolute Gasteiger partial charge is 0.242 e. The lowest BCUT2D eigenvalue weighted by Crippen LogP contribution is -2.36. The first-order chi connectivity index (χ1) is 13.9. The molecule has 0 unspecified atom stereocenters. The standard InChI is InChI=1S/C20H20N4O4S/c21-12-16-4-1-2-5-18(16)29(27,28)23-14-19(25)22-13-15-7-9-17(10-8-15)24-11-3-6-20(24)26/h1-2,4-5,7-10,23H,3,6,11,13-14H2,(H,22,25). The Morgan fingerprint density at radius 1 is 1.14 bits per heavy atom. The molecule has 1 heterocycles. The molecule has 2 aromatic rings. The van der Waals surface area contributed by atoms with Gasteiger partial charge in [0.2, 0.25) is 21.8 Å². The van der Waals surface area contributed by atoms with Crippen LogP contribution in [0.3, 0.4) is 0 Å². The second-order valence-electron chi connectivity index (χ2n) is 6.52. The molecular weight excluding hydrogens is 392 g/mol. The summed E-state index contributed by atoms with van der Waals surface area (Å²) in [4.78, 5) is 25.3. The van der Waals surface area contributed by atoms with Gasteiger partial charge in [-0.1, -0.05) is 24.3 Å². The van der Waals surface area contributed by atoms with E-state index < -0.39 is 22.5 Å². The van der Waals surface area contributed by atoms with Crippen LogP contribution < -0.4 is 14.9 Å². The number of rotatable bonds is 7. The van der Waals surface area contributed by atoms with E-state index in [-0.39, 0.29) is 22.9 Å². The highest BCUT2D eigenvalue weighted by molar-refractivity contribution is 7.89. The first-order valence-electron chi connectivity index (χ1n) is 9.05. The maximum atomic E-state index is 12.3. The number of hydrogen-bond acceptors (Lipinski definition) is 5. The van der Waals surface area contributed by atoms with Crippen LogP contribution in [0.2, 0.25) is 0 Å². The zero-order valence-corrected chi connectivity index (χ0v) is 16.4. The second kappa shape index (κ2) is 8.86. The monoisotopic (exact) mass is 412 g/mol. The molecular formula is C20H20N4O4S. The molecule has 3 rings (SSSR count). The molecule has 0 saturated carbocycles. The summed E-state index contributed by atoms with van der Waals surface area (Å²) in [6, 6.07) is 14.9. The number of carbonyl (C=O) groups excluding carboxylic acids is 2. The van der Waals surface area contributed by atoms with E-state index in [0.717, 1.165) is 17.7 Å². The van der Waals surface area contributed by atoms with Crippen molar-refractivity contribution in [2.24, 2.45) is 0 Å². The van der Waals surface area contributed by atoms with Gasteiger partial charge in [-0.05, 0) is 36.2 Å². The summed E-state index contributed by atoms with van der Waals surface area (Å²) in [5.74, 6) is -0.391. The van der Waals surface area contributed by atoms with Crippen LogP contribution in [0, 0.1) is 11.3 Å². The van der Waals surface area contributed by atoms with Crippen LogP contribution in [-0.4, -0.2) is 33.3 Å². The molecule has 1 fully saturated rings. The molecule has 1 aliphatic heterocycles. The lowest BCUT2D eigenvalue weighted by atomic mass is 10.2. The highest BCUT2D eigenvalue weighted by Gasteiger charge is 2.21. The molecule has 2 amide bonds. The molecule has 0 bridgehead atoms. The molecule has 8 nitrogen and oxygen atoms in total. The summed E-state index contributed by atoms with van der Waals surface area (Å²) in [7, 11) is -3.97. The number of hydrogen-bond donors (Lipinski definition) is 2. The van der Waals surface area contributed by atoms with E-state index in [0.29, 0.717) is 13.0 Å². The Bertz CT molecular complexity index is 1060. The Morgan fingerprint density at radius 3 is 2.52 bits per heavy atom. The minimum absolute atomic E-state index is 0.0111. The lowest BCUT2D eigenvalue weighted by Gasteiger charge is -2.16. The van der Waals surface area contributed by atoms with Crippen LogP contribution in [0.4, 0.5) is 5.69 Å². The molecule has 0 radical (unpaired) electrons. The van der Waals surface area contributed by atoms with E-state index in [1.54, 1.807) is 11.0 Å². The third kappa shape index (κ3) is 4.99. The minimum atomic E-state index is -3.97. The average Bonchev–Trinajstić information content (AvgIpc) is 3.17. The maximum absolute atomic E-state index is 12.3. The van der Waals surface area contributed by atoms with E-state index >= 15 is 0 Å². The van der Waals surface area contributed by atoms with Crippen molar-refractivity contribution in [3.05, 3.63) is 59.7 Å². The Hall–Kier alpha value is -3.22. The number of nitrogens with one attached hydrogen (secondary N) is 2. The van der Waals surface area contributed by atoms with Gasteiger partial charge in [-0.3, -0.25) is 9.59 Å². The molecule has 150 valence electrons. The van der Waals surface area contributed by atoms with Crippen molar-refractivity contribution >= 4 is 27.5 Å². The molecule has 0 atom stereocenters. The molecule has 29 heavy (non-hydrogen) atoms. The van der Waals surface area contributed by atoms with Gasteiger partial charge in [-0.2, -0.15) is 5.26 Å². The number of carbonyl (C=O) groups is 2. The highest BCUT2D eigenvalue weighted by Crippen LogP contribution is 2.21. The fourth-order valence-corrected chi connectivity index (χ4v) is 4.15. The third-order valence-corrected chi connectivity index (χ3v) is 5.99. The fourth-order valence-electron chi connectivity index (χ4n) is 3.01. The second-order valence-corrected chi connectivity index (χ2v) is 8.26. The Labute approximate surface area is 169 Å². The Kier molecular flexibility index (Phi) is 6.26. The quantitative estimate of drug-likeness (QED) is 0.710. The van der Waals surface area contributed by atoms with Gasteiger partial charge in [0.1, 0.15) is 6.07 Å². The Morgan fingerprint density at radius 2 is 1.86 bits per heavy atom. The SMILES string of the molecule is N#Cc1ccccc1S(=O)(=O)NCC(=O)NCc1ccc(N2CCCC2=O)cc1. The first-order valence-corrected chi connectivity index (χ1v) is 10.5. The number of nitriles is 1. The molecule has 2 N–H and O–H groups in total. The van der Waals surface area contributed by atoms with Crippen molar-refractivity contribution in [2.45, 2.75) is 24.3 Å². The van der Waals surface area contributed by atoms with Crippen molar-refractivity contribution in [3.8, 4) is 6.07 Å². The predicted molar refractivity (Wildman–Crippen MR) is 106 cm³/mol. The summed E-state index contributed by atoms with van der Waals surface area (Å²) in [5, 5.41) is 11.7. The van der Waals surface area contributed by atoms with Gasteiger partial charge in [0.25, 0.3) is 0 Å². The average molecular weight is 412 g/mol. The maximum Gasteiger partial charge on any atom is 0.242 e. The molecule has 2 aromatic carbocycles. The van der Waals surface area contributed by atoms with Gasteiger partial charge < -0.3 is 10.2 Å². The highest BCUT2D eigenvalue weighted by atomic mass is 32.2. The van der Waals surface area contributed by atoms with Gasteiger partial charge in [0, 0.05) is 25.2 Å². The van der Waals surface area contributed by atoms with Crippen molar-refractivity contribution in [1.29, 1.82) is 5.26 Å². The van der Waals surface area contributed by atoms with Crippen LogP contribution in [0.1, 0.15) is 24.0 Å². The largest absolute Gasteiger partial charge is 0.351 e. The van der Waals surface area contributed by atoms with Crippen molar-refractivity contribution in [3.63, 3.8) is 0 Å². The van der Waals surface area contributed by atoms with Gasteiger partial charge in [0.05, 0.1) is 17.0 Å². The van der Waals surface area contributed by atoms with Gasteiger partial charge >= 0.3 is 0 Å². The molecule has 1 saturated heterocycles. The minimum Gasteiger partial charge on any atom is -0.351 e. The van der Waals surface area contributed by atoms with E-state index in [4.69, 9.17) is 5.26 Å². The van der Waals surface area contributed by atoms with Gasteiger partial charge in [-0.15, -0.1) is 0 Å². The number of amides is 2. The van der Waals surface area contributed by atoms with Crippen LogP contribution in [0.25, 0.3) is 0 Å². The third-order valence-electron chi connectivity index (χ3n) is 4.53. The summed E-state index contributed by atoms with van der Waals surface area (Å²) < 4.78 is 26.8. The number of sulfonamides is 1. The van der Waals surface area contributed by atoms with Crippen molar-refractivity contribution < 1.29 is 18.0 Å². The Balaban J connectivity index is 1.52. The van der Waals surface area contributed by atoms with Crippen LogP contribution in [-0.2, 0) is 26.2 Å². The molecule has 0 spiro atoms. The number of benzene rings is 2. The van der Waals surface area contributed by atoms with E-state index in [9.17, 15) is 18.0 Å². The van der Waals surface area contributed by atoms with E-state index in [1.807, 2.05) is 30.3 Å².